The second-order valence-electron chi connectivity index (χ2n) is 9.01. The van der Waals surface area contributed by atoms with Crippen LogP contribution in [0.4, 0.5) is 0 Å². The molecule has 20 heavy (non-hydrogen) atoms. The first-order valence-electron chi connectivity index (χ1n) is 8.37. The highest BCUT2D eigenvalue weighted by molar-refractivity contribution is 4.94. The van der Waals surface area contributed by atoms with Gasteiger partial charge < -0.3 is 0 Å². The molecule has 3 unspecified atom stereocenters. The molecular formula is C17H33N3. The molecule has 0 aromatic heterocycles. The van der Waals surface area contributed by atoms with Crippen LogP contribution in [-0.2, 0) is 0 Å². The standard InChI is InChI=1S/C17H33N3/c1-16(2,3)12-13-9-7-8-10-14-15(11-13)20(19-18-14)17(4,5)6/h13-15H,7-12H2,1-6H3. The van der Waals surface area contributed by atoms with Gasteiger partial charge in [-0.2, -0.15) is 5.11 Å². The zero-order valence-electron chi connectivity index (χ0n) is 14.3. The van der Waals surface area contributed by atoms with Gasteiger partial charge in [0.25, 0.3) is 0 Å². The predicted molar refractivity (Wildman–Crippen MR) is 84.7 cm³/mol. The van der Waals surface area contributed by atoms with Crippen molar-refractivity contribution in [1.82, 2.24) is 5.01 Å². The second kappa shape index (κ2) is 5.65. The van der Waals surface area contributed by atoms with E-state index in [4.69, 9.17) is 0 Å². The van der Waals surface area contributed by atoms with Crippen LogP contribution in [0, 0.1) is 11.3 Å². The van der Waals surface area contributed by atoms with E-state index in [1.54, 1.807) is 0 Å². The van der Waals surface area contributed by atoms with Crippen LogP contribution in [0.15, 0.2) is 10.3 Å². The highest BCUT2D eigenvalue weighted by atomic mass is 15.6. The van der Waals surface area contributed by atoms with Gasteiger partial charge in [0.2, 0.25) is 0 Å². The molecule has 2 aliphatic rings. The molecule has 3 nitrogen and oxygen atoms in total. The van der Waals surface area contributed by atoms with Gasteiger partial charge in [-0.3, -0.25) is 5.01 Å². The molecule has 0 aromatic rings. The largest absolute Gasteiger partial charge is 0.268 e. The van der Waals surface area contributed by atoms with Gasteiger partial charge in [0.1, 0.15) is 0 Å². The van der Waals surface area contributed by atoms with Crippen molar-refractivity contribution in [3.8, 4) is 0 Å². The molecular weight excluding hydrogens is 246 g/mol. The smallest absolute Gasteiger partial charge is 0.0950 e. The fourth-order valence-corrected chi connectivity index (χ4v) is 3.86. The van der Waals surface area contributed by atoms with Gasteiger partial charge in [-0.05, 0) is 51.4 Å². The first kappa shape index (κ1) is 15.8. The summed E-state index contributed by atoms with van der Waals surface area (Å²) in [5.74, 6) is 0.830. The molecule has 3 heteroatoms. The fraction of sp³-hybridized carbons (Fsp3) is 1.00. The monoisotopic (exact) mass is 279 g/mol. The van der Waals surface area contributed by atoms with Crippen LogP contribution >= 0.6 is 0 Å². The lowest BCUT2D eigenvalue weighted by molar-refractivity contribution is 0.0697. The molecule has 0 amide bonds. The minimum Gasteiger partial charge on any atom is -0.268 e. The van der Waals surface area contributed by atoms with Crippen LogP contribution in [-0.4, -0.2) is 22.6 Å². The molecule has 0 radical (unpaired) electrons. The first-order chi connectivity index (χ1) is 9.17. The van der Waals surface area contributed by atoms with E-state index in [1.165, 1.54) is 38.5 Å². The minimum atomic E-state index is 0.0917. The van der Waals surface area contributed by atoms with E-state index in [0.717, 1.165) is 5.92 Å². The summed E-state index contributed by atoms with van der Waals surface area (Å²) in [7, 11) is 0. The van der Waals surface area contributed by atoms with Gasteiger partial charge in [-0.25, -0.2) is 0 Å². The summed E-state index contributed by atoms with van der Waals surface area (Å²) >= 11 is 0. The number of nitrogens with zero attached hydrogens (tertiary/aromatic N) is 3. The van der Waals surface area contributed by atoms with Crippen molar-refractivity contribution >= 4 is 0 Å². The van der Waals surface area contributed by atoms with E-state index in [0.29, 0.717) is 17.5 Å². The van der Waals surface area contributed by atoms with Gasteiger partial charge in [-0.15, -0.1) is 0 Å². The maximum absolute atomic E-state index is 4.59. The van der Waals surface area contributed by atoms with Crippen molar-refractivity contribution in [3.63, 3.8) is 0 Å². The number of hydrogen-bond donors (Lipinski definition) is 0. The van der Waals surface area contributed by atoms with Crippen LogP contribution in [0.25, 0.3) is 0 Å². The van der Waals surface area contributed by atoms with Crippen molar-refractivity contribution in [2.75, 3.05) is 0 Å². The third kappa shape index (κ3) is 3.95. The van der Waals surface area contributed by atoms with E-state index in [-0.39, 0.29) is 5.54 Å². The molecule has 0 saturated heterocycles. The summed E-state index contributed by atoms with van der Waals surface area (Å²) in [5, 5.41) is 11.4. The van der Waals surface area contributed by atoms with Crippen LogP contribution in [0.1, 0.15) is 80.1 Å². The average molecular weight is 279 g/mol. The van der Waals surface area contributed by atoms with Crippen molar-refractivity contribution in [1.29, 1.82) is 0 Å². The van der Waals surface area contributed by atoms with Gasteiger partial charge in [0.15, 0.2) is 0 Å². The Kier molecular flexibility index (Phi) is 4.46. The zero-order chi connectivity index (χ0) is 15.0. The van der Waals surface area contributed by atoms with E-state index < -0.39 is 0 Å². The van der Waals surface area contributed by atoms with Gasteiger partial charge >= 0.3 is 0 Å². The Labute approximate surface area is 125 Å². The van der Waals surface area contributed by atoms with E-state index >= 15 is 0 Å². The second-order valence-corrected chi connectivity index (χ2v) is 9.01. The van der Waals surface area contributed by atoms with E-state index in [2.05, 4.69) is 56.9 Å². The Hall–Kier alpha value is -0.600. The Bertz CT molecular complexity index is 348. The topological polar surface area (TPSA) is 28.0 Å². The SMILES string of the molecule is CC(C)(C)CC1CCCCC2N=NN(C(C)(C)C)C2C1. The van der Waals surface area contributed by atoms with Crippen LogP contribution < -0.4 is 0 Å². The summed E-state index contributed by atoms with van der Waals surface area (Å²) in [4.78, 5) is 0. The van der Waals surface area contributed by atoms with Crippen molar-refractivity contribution < 1.29 is 0 Å². The Morgan fingerprint density at radius 3 is 2.25 bits per heavy atom. The van der Waals surface area contributed by atoms with Crippen molar-refractivity contribution in [3.05, 3.63) is 0 Å². The third-order valence-corrected chi connectivity index (χ3v) is 4.58. The van der Waals surface area contributed by atoms with Crippen LogP contribution in [0.3, 0.4) is 0 Å². The Balaban J connectivity index is 2.10. The molecule has 1 aliphatic heterocycles. The zero-order valence-corrected chi connectivity index (χ0v) is 14.3. The maximum Gasteiger partial charge on any atom is 0.0950 e. The quantitative estimate of drug-likeness (QED) is 0.646. The van der Waals surface area contributed by atoms with Crippen molar-refractivity contribution in [2.45, 2.75) is 97.7 Å². The summed E-state index contributed by atoms with van der Waals surface area (Å²) in [5.41, 5.74) is 0.521. The number of fused-ring (bicyclic) bond motifs is 1. The average Bonchev–Trinajstić information content (AvgIpc) is 2.60. The molecule has 116 valence electrons. The minimum absolute atomic E-state index is 0.0917. The van der Waals surface area contributed by atoms with Crippen molar-refractivity contribution in [2.24, 2.45) is 21.7 Å². The van der Waals surface area contributed by atoms with Gasteiger partial charge in [0, 0.05) is 0 Å². The molecule has 0 bridgehead atoms. The molecule has 1 fully saturated rings. The molecule has 3 atom stereocenters. The lowest BCUT2D eigenvalue weighted by atomic mass is 9.76. The summed E-state index contributed by atoms with van der Waals surface area (Å²) in [6.45, 7) is 13.9. The first-order valence-corrected chi connectivity index (χ1v) is 8.37. The molecule has 1 heterocycles. The van der Waals surface area contributed by atoms with Gasteiger partial charge in [0.05, 0.1) is 17.6 Å². The molecule has 1 aliphatic carbocycles. The summed E-state index contributed by atoms with van der Waals surface area (Å²) < 4.78 is 0. The predicted octanol–water partition coefficient (Wildman–Crippen LogP) is 5.22. The lowest BCUT2D eigenvalue weighted by Gasteiger charge is -2.39. The molecule has 0 N–H and O–H groups in total. The van der Waals surface area contributed by atoms with Crippen LogP contribution in [0.5, 0.6) is 0 Å². The highest BCUT2D eigenvalue weighted by Gasteiger charge is 2.40. The van der Waals surface area contributed by atoms with E-state index in [1.807, 2.05) is 0 Å². The number of hydrogen-bond acceptors (Lipinski definition) is 3. The summed E-state index contributed by atoms with van der Waals surface area (Å²) in [6.07, 6.45) is 7.90. The number of rotatable bonds is 1. The maximum atomic E-state index is 4.59. The normalized spacial score (nSPS) is 31.9. The Morgan fingerprint density at radius 1 is 1.00 bits per heavy atom. The Morgan fingerprint density at radius 2 is 1.65 bits per heavy atom. The fourth-order valence-electron chi connectivity index (χ4n) is 3.86. The lowest BCUT2D eigenvalue weighted by Crippen LogP contribution is -2.47. The molecule has 0 spiro atoms. The molecule has 0 aromatic carbocycles. The molecule has 2 rings (SSSR count). The third-order valence-electron chi connectivity index (χ3n) is 4.58. The van der Waals surface area contributed by atoms with Crippen LogP contribution in [0.2, 0.25) is 0 Å². The van der Waals surface area contributed by atoms with Gasteiger partial charge in [-0.1, -0.05) is 45.3 Å². The molecule has 1 saturated carbocycles. The summed E-state index contributed by atoms with van der Waals surface area (Å²) in [6, 6.07) is 0.972. The highest BCUT2D eigenvalue weighted by Crippen LogP contribution is 2.39. The van der Waals surface area contributed by atoms with E-state index in [9.17, 15) is 0 Å².